The van der Waals surface area contributed by atoms with Gasteiger partial charge in [-0.3, -0.25) is 0 Å². The van der Waals surface area contributed by atoms with Gasteiger partial charge in [-0.1, -0.05) is 27.9 Å². The SMILES string of the molecule is Nc1nnc(Nc2c(F)cccc2Cl)o1. The van der Waals surface area contributed by atoms with E-state index in [0.29, 0.717) is 0 Å². The van der Waals surface area contributed by atoms with E-state index in [0.717, 1.165) is 0 Å². The van der Waals surface area contributed by atoms with Crippen LogP contribution in [0.4, 0.5) is 22.1 Å². The zero-order valence-corrected chi connectivity index (χ0v) is 8.12. The summed E-state index contributed by atoms with van der Waals surface area (Å²) in [7, 11) is 0. The fourth-order valence-electron chi connectivity index (χ4n) is 1.01. The molecule has 0 aliphatic rings. The average molecular weight is 229 g/mol. The Bertz CT molecular complexity index is 467. The first-order chi connectivity index (χ1) is 7.16. The van der Waals surface area contributed by atoms with E-state index in [1.165, 1.54) is 18.2 Å². The molecule has 0 aliphatic carbocycles. The number of rotatable bonds is 2. The van der Waals surface area contributed by atoms with E-state index in [9.17, 15) is 4.39 Å². The maximum absolute atomic E-state index is 13.3. The maximum atomic E-state index is 13.3. The van der Waals surface area contributed by atoms with Gasteiger partial charge in [-0.2, -0.15) is 0 Å². The molecule has 5 nitrogen and oxygen atoms in total. The van der Waals surface area contributed by atoms with Crippen LogP contribution in [0.2, 0.25) is 5.02 Å². The van der Waals surface area contributed by atoms with Gasteiger partial charge in [-0.15, -0.1) is 0 Å². The molecule has 2 aromatic rings. The lowest BCUT2D eigenvalue weighted by Gasteiger charge is -2.04. The molecular formula is C8H6ClFN4O. The first kappa shape index (κ1) is 9.72. The van der Waals surface area contributed by atoms with Crippen LogP contribution in [0.3, 0.4) is 0 Å². The number of hydrogen-bond donors (Lipinski definition) is 2. The molecule has 0 fully saturated rings. The predicted molar refractivity (Wildman–Crippen MR) is 53.4 cm³/mol. The fourth-order valence-corrected chi connectivity index (χ4v) is 1.22. The molecule has 1 aromatic carbocycles. The minimum Gasteiger partial charge on any atom is -0.389 e. The van der Waals surface area contributed by atoms with Crippen LogP contribution >= 0.6 is 11.6 Å². The molecule has 0 spiro atoms. The Morgan fingerprint density at radius 1 is 1.40 bits per heavy atom. The molecule has 3 N–H and O–H groups in total. The number of nitrogens with two attached hydrogens (primary N) is 1. The molecule has 15 heavy (non-hydrogen) atoms. The van der Waals surface area contributed by atoms with Crippen molar-refractivity contribution in [3.05, 3.63) is 29.0 Å². The van der Waals surface area contributed by atoms with Crippen molar-refractivity contribution in [1.29, 1.82) is 0 Å². The van der Waals surface area contributed by atoms with Crippen molar-refractivity contribution in [2.45, 2.75) is 0 Å². The first-order valence-corrected chi connectivity index (χ1v) is 4.34. The number of nitrogens with zero attached hydrogens (tertiary/aromatic N) is 2. The zero-order valence-electron chi connectivity index (χ0n) is 7.37. The Morgan fingerprint density at radius 2 is 2.20 bits per heavy atom. The van der Waals surface area contributed by atoms with Crippen LogP contribution in [0.15, 0.2) is 22.6 Å². The predicted octanol–water partition coefficient (Wildman–Crippen LogP) is 2.19. The third-order valence-electron chi connectivity index (χ3n) is 1.64. The fraction of sp³-hybridized carbons (Fsp3) is 0. The van der Waals surface area contributed by atoms with Crippen LogP contribution < -0.4 is 11.1 Å². The largest absolute Gasteiger partial charge is 0.389 e. The van der Waals surface area contributed by atoms with Gasteiger partial charge in [0.1, 0.15) is 5.82 Å². The Hall–Kier alpha value is -1.82. The lowest BCUT2D eigenvalue weighted by Crippen LogP contribution is -1.94. The molecule has 0 bridgehead atoms. The second kappa shape index (κ2) is 3.74. The summed E-state index contributed by atoms with van der Waals surface area (Å²) in [6, 6.07) is 4.16. The van der Waals surface area contributed by atoms with Gasteiger partial charge < -0.3 is 15.5 Å². The van der Waals surface area contributed by atoms with Crippen LogP contribution in [-0.4, -0.2) is 10.2 Å². The van der Waals surface area contributed by atoms with E-state index in [1.54, 1.807) is 0 Å². The molecule has 0 amide bonds. The molecular weight excluding hydrogens is 223 g/mol. The molecule has 0 unspecified atom stereocenters. The van der Waals surface area contributed by atoms with Gasteiger partial charge in [0.2, 0.25) is 0 Å². The molecule has 0 radical (unpaired) electrons. The highest BCUT2D eigenvalue weighted by Crippen LogP contribution is 2.27. The summed E-state index contributed by atoms with van der Waals surface area (Å²) >= 11 is 5.76. The van der Waals surface area contributed by atoms with Crippen molar-refractivity contribution in [2.24, 2.45) is 0 Å². The van der Waals surface area contributed by atoms with E-state index in [1.807, 2.05) is 0 Å². The van der Waals surface area contributed by atoms with E-state index < -0.39 is 5.82 Å². The number of para-hydroxylation sites is 1. The van der Waals surface area contributed by atoms with E-state index in [4.69, 9.17) is 21.8 Å². The number of nitrogens with one attached hydrogen (secondary N) is 1. The van der Waals surface area contributed by atoms with E-state index in [2.05, 4.69) is 15.5 Å². The molecule has 78 valence electrons. The number of anilines is 3. The first-order valence-electron chi connectivity index (χ1n) is 3.97. The summed E-state index contributed by atoms with van der Waals surface area (Å²) in [5.74, 6) is -0.515. The lowest BCUT2D eigenvalue weighted by molar-refractivity contribution is 0.589. The quantitative estimate of drug-likeness (QED) is 0.824. The molecule has 1 aromatic heterocycles. The number of aromatic nitrogens is 2. The minimum atomic E-state index is -0.515. The highest BCUT2D eigenvalue weighted by Gasteiger charge is 2.10. The number of benzene rings is 1. The molecule has 7 heteroatoms. The average Bonchev–Trinajstić information content (AvgIpc) is 2.58. The second-order valence-electron chi connectivity index (χ2n) is 2.67. The van der Waals surface area contributed by atoms with Crippen molar-refractivity contribution < 1.29 is 8.81 Å². The number of nitrogen functional groups attached to an aromatic ring is 1. The van der Waals surface area contributed by atoms with Crippen molar-refractivity contribution in [2.75, 3.05) is 11.1 Å². The van der Waals surface area contributed by atoms with Crippen molar-refractivity contribution in [3.63, 3.8) is 0 Å². The van der Waals surface area contributed by atoms with Gasteiger partial charge in [0.05, 0.1) is 10.7 Å². The topological polar surface area (TPSA) is 77.0 Å². The van der Waals surface area contributed by atoms with Crippen molar-refractivity contribution >= 4 is 29.3 Å². The Balaban J connectivity index is 2.31. The molecule has 0 atom stereocenters. The van der Waals surface area contributed by atoms with Crippen LogP contribution in [-0.2, 0) is 0 Å². The van der Waals surface area contributed by atoms with Crippen LogP contribution in [0.5, 0.6) is 0 Å². The van der Waals surface area contributed by atoms with Crippen LogP contribution in [0.1, 0.15) is 0 Å². The summed E-state index contributed by atoms with van der Waals surface area (Å²) in [4.78, 5) is 0. The van der Waals surface area contributed by atoms with Crippen LogP contribution in [0, 0.1) is 5.82 Å². The lowest BCUT2D eigenvalue weighted by atomic mass is 10.3. The smallest absolute Gasteiger partial charge is 0.321 e. The van der Waals surface area contributed by atoms with Gasteiger partial charge in [-0.05, 0) is 12.1 Å². The third-order valence-corrected chi connectivity index (χ3v) is 1.95. The summed E-state index contributed by atoms with van der Waals surface area (Å²) in [6.07, 6.45) is 0. The maximum Gasteiger partial charge on any atom is 0.321 e. The Labute approximate surface area is 89.0 Å². The molecule has 1 heterocycles. The second-order valence-corrected chi connectivity index (χ2v) is 3.07. The Morgan fingerprint density at radius 3 is 2.80 bits per heavy atom. The zero-order chi connectivity index (χ0) is 10.8. The van der Waals surface area contributed by atoms with Gasteiger partial charge in [-0.25, -0.2) is 4.39 Å². The van der Waals surface area contributed by atoms with Gasteiger partial charge in [0.15, 0.2) is 0 Å². The third kappa shape index (κ3) is 1.99. The number of halogens is 2. The highest BCUT2D eigenvalue weighted by atomic mass is 35.5. The standard InChI is InChI=1S/C8H6ClFN4O/c9-4-2-1-3-5(10)6(4)12-8-14-13-7(11)15-8/h1-3H,(H2,11,13)(H,12,14). The van der Waals surface area contributed by atoms with E-state index >= 15 is 0 Å². The normalized spacial score (nSPS) is 10.3. The van der Waals surface area contributed by atoms with Gasteiger partial charge in [0, 0.05) is 0 Å². The molecule has 2 rings (SSSR count). The monoisotopic (exact) mass is 228 g/mol. The summed E-state index contributed by atoms with van der Waals surface area (Å²) in [5, 5.41) is 9.67. The summed E-state index contributed by atoms with van der Waals surface area (Å²) in [5.41, 5.74) is 5.27. The minimum absolute atomic E-state index is 0.0144. The molecule has 0 aliphatic heterocycles. The van der Waals surface area contributed by atoms with Crippen LogP contribution in [0.25, 0.3) is 0 Å². The van der Waals surface area contributed by atoms with Gasteiger partial charge in [0.25, 0.3) is 0 Å². The molecule has 0 saturated heterocycles. The van der Waals surface area contributed by atoms with E-state index in [-0.39, 0.29) is 22.7 Å². The molecule has 0 saturated carbocycles. The summed E-state index contributed by atoms with van der Waals surface area (Å²) < 4.78 is 18.1. The highest BCUT2D eigenvalue weighted by molar-refractivity contribution is 6.33. The van der Waals surface area contributed by atoms with Crippen molar-refractivity contribution in [1.82, 2.24) is 10.2 Å². The Kier molecular flexibility index (Phi) is 2.42. The van der Waals surface area contributed by atoms with Crippen molar-refractivity contribution in [3.8, 4) is 0 Å². The summed E-state index contributed by atoms with van der Waals surface area (Å²) in [6.45, 7) is 0. The van der Waals surface area contributed by atoms with Gasteiger partial charge >= 0.3 is 12.0 Å². The number of hydrogen-bond acceptors (Lipinski definition) is 5.